The van der Waals surface area contributed by atoms with E-state index >= 15 is 0 Å². The van der Waals surface area contributed by atoms with E-state index < -0.39 is 11.6 Å². The van der Waals surface area contributed by atoms with Crippen LogP contribution in [-0.2, 0) is 17.8 Å². The van der Waals surface area contributed by atoms with E-state index in [1.807, 2.05) is 17.0 Å². The molecule has 0 atom stereocenters. The van der Waals surface area contributed by atoms with Crippen molar-refractivity contribution >= 4 is 22.4 Å². The highest BCUT2D eigenvalue weighted by Gasteiger charge is 2.21. The van der Waals surface area contributed by atoms with E-state index in [4.69, 9.17) is 9.47 Å². The Morgan fingerprint density at radius 1 is 1.13 bits per heavy atom. The average Bonchev–Trinajstić information content (AvgIpc) is 3.22. The number of methoxy groups -OCH3 is 2. The molecule has 31 heavy (non-hydrogen) atoms. The minimum Gasteiger partial charge on any atom is -0.493 e. The van der Waals surface area contributed by atoms with E-state index in [2.05, 4.69) is 10.3 Å². The number of fused-ring (bicyclic) bond motifs is 1. The number of carbonyl (C=O) groups is 1. The van der Waals surface area contributed by atoms with Crippen LogP contribution in [0.25, 0.3) is 11.3 Å². The fourth-order valence-corrected chi connectivity index (χ4v) is 4.29. The van der Waals surface area contributed by atoms with Gasteiger partial charge in [0.1, 0.15) is 0 Å². The van der Waals surface area contributed by atoms with Crippen LogP contribution in [0.15, 0.2) is 35.7 Å². The molecule has 0 aliphatic carbocycles. The lowest BCUT2D eigenvalue weighted by Crippen LogP contribution is -2.37. The molecule has 0 fully saturated rings. The van der Waals surface area contributed by atoms with Crippen molar-refractivity contribution in [2.45, 2.75) is 13.0 Å². The van der Waals surface area contributed by atoms with Crippen LogP contribution in [0.3, 0.4) is 0 Å². The first kappa shape index (κ1) is 21.2. The van der Waals surface area contributed by atoms with Crippen molar-refractivity contribution in [3.8, 4) is 22.8 Å². The lowest BCUT2D eigenvalue weighted by molar-refractivity contribution is -0.117. The fraction of sp³-hybridized carbons (Fsp3) is 0.273. The Hall–Kier alpha value is -3.04. The minimum absolute atomic E-state index is 0.185. The van der Waals surface area contributed by atoms with Gasteiger partial charge in [-0.2, -0.15) is 0 Å². The predicted molar refractivity (Wildman–Crippen MR) is 115 cm³/mol. The number of thiazole rings is 1. The molecule has 0 bridgehead atoms. The zero-order valence-corrected chi connectivity index (χ0v) is 17.9. The van der Waals surface area contributed by atoms with Gasteiger partial charge in [0, 0.05) is 24.0 Å². The fourth-order valence-electron chi connectivity index (χ4n) is 3.56. The highest BCUT2D eigenvalue weighted by molar-refractivity contribution is 7.14. The third kappa shape index (κ3) is 4.67. The van der Waals surface area contributed by atoms with Crippen LogP contribution in [0, 0.1) is 11.6 Å². The Morgan fingerprint density at radius 3 is 2.58 bits per heavy atom. The number of nitrogens with zero attached hydrogens (tertiary/aromatic N) is 2. The molecule has 1 aromatic heterocycles. The van der Waals surface area contributed by atoms with Gasteiger partial charge in [-0.3, -0.25) is 9.69 Å². The summed E-state index contributed by atoms with van der Waals surface area (Å²) < 4.78 is 37.3. The van der Waals surface area contributed by atoms with Gasteiger partial charge < -0.3 is 14.8 Å². The number of benzene rings is 2. The monoisotopic (exact) mass is 445 g/mol. The Bertz CT molecular complexity index is 1120. The number of ether oxygens (including phenoxy) is 2. The van der Waals surface area contributed by atoms with Crippen LogP contribution in [0.2, 0.25) is 0 Å². The zero-order chi connectivity index (χ0) is 22.0. The van der Waals surface area contributed by atoms with Gasteiger partial charge in [-0.1, -0.05) is 0 Å². The third-order valence-corrected chi connectivity index (χ3v) is 5.89. The first-order chi connectivity index (χ1) is 15.0. The maximum absolute atomic E-state index is 13.4. The smallest absolute Gasteiger partial charge is 0.240 e. The van der Waals surface area contributed by atoms with E-state index in [0.29, 0.717) is 34.4 Å². The molecule has 3 aromatic rings. The predicted octanol–water partition coefficient (Wildman–Crippen LogP) is 4.10. The van der Waals surface area contributed by atoms with Gasteiger partial charge >= 0.3 is 0 Å². The lowest BCUT2D eigenvalue weighted by Gasteiger charge is -2.28. The summed E-state index contributed by atoms with van der Waals surface area (Å²) in [5.41, 5.74) is 3.22. The van der Waals surface area contributed by atoms with E-state index in [-0.39, 0.29) is 12.5 Å². The summed E-state index contributed by atoms with van der Waals surface area (Å²) in [6.07, 6.45) is 0.806. The molecule has 1 amide bonds. The summed E-state index contributed by atoms with van der Waals surface area (Å²) in [5.74, 6) is -0.661. The highest BCUT2D eigenvalue weighted by Crippen LogP contribution is 2.33. The Balaban J connectivity index is 1.39. The van der Waals surface area contributed by atoms with Crippen molar-refractivity contribution in [2.75, 3.05) is 32.6 Å². The second kappa shape index (κ2) is 8.99. The summed E-state index contributed by atoms with van der Waals surface area (Å²) in [6, 6.07) is 7.53. The van der Waals surface area contributed by atoms with Crippen LogP contribution in [0.4, 0.5) is 13.9 Å². The van der Waals surface area contributed by atoms with Gasteiger partial charge in [-0.25, -0.2) is 13.8 Å². The molecule has 0 unspecified atom stereocenters. The molecule has 0 radical (unpaired) electrons. The van der Waals surface area contributed by atoms with Crippen molar-refractivity contribution in [1.82, 2.24) is 9.88 Å². The van der Waals surface area contributed by atoms with E-state index in [0.717, 1.165) is 30.7 Å². The second-order valence-corrected chi connectivity index (χ2v) is 8.01. The lowest BCUT2D eigenvalue weighted by atomic mass is 9.99. The molecule has 0 spiro atoms. The first-order valence-electron chi connectivity index (χ1n) is 9.63. The number of amides is 1. The second-order valence-electron chi connectivity index (χ2n) is 7.15. The number of rotatable bonds is 6. The number of aromatic nitrogens is 1. The first-order valence-corrected chi connectivity index (χ1v) is 10.5. The van der Waals surface area contributed by atoms with Crippen LogP contribution < -0.4 is 14.8 Å². The summed E-state index contributed by atoms with van der Waals surface area (Å²) in [4.78, 5) is 18.9. The highest BCUT2D eigenvalue weighted by atomic mass is 32.1. The maximum atomic E-state index is 13.4. The molecule has 162 valence electrons. The number of hydrogen-bond donors (Lipinski definition) is 1. The molecule has 6 nitrogen and oxygen atoms in total. The van der Waals surface area contributed by atoms with Gasteiger partial charge in [-0.15, -0.1) is 11.3 Å². The van der Waals surface area contributed by atoms with Crippen LogP contribution in [0.5, 0.6) is 11.5 Å². The Morgan fingerprint density at radius 2 is 1.87 bits per heavy atom. The molecule has 0 saturated heterocycles. The molecule has 1 aliphatic heterocycles. The van der Waals surface area contributed by atoms with Crippen molar-refractivity contribution in [1.29, 1.82) is 0 Å². The van der Waals surface area contributed by atoms with Gasteiger partial charge in [0.05, 0.1) is 26.5 Å². The van der Waals surface area contributed by atoms with Gasteiger partial charge in [-0.05, 0) is 47.9 Å². The van der Waals surface area contributed by atoms with Crippen molar-refractivity contribution in [3.05, 3.63) is 58.5 Å². The average molecular weight is 445 g/mol. The topological polar surface area (TPSA) is 63.7 Å². The molecule has 1 aliphatic rings. The van der Waals surface area contributed by atoms with Gasteiger partial charge in [0.25, 0.3) is 0 Å². The Kier molecular flexibility index (Phi) is 6.15. The van der Waals surface area contributed by atoms with Gasteiger partial charge in [0.2, 0.25) is 5.91 Å². The number of carbonyl (C=O) groups excluding carboxylic acids is 1. The summed E-state index contributed by atoms with van der Waals surface area (Å²) >= 11 is 1.23. The molecular formula is C22H21F2N3O3S. The number of nitrogens with one attached hydrogen (secondary N) is 1. The van der Waals surface area contributed by atoms with Crippen molar-refractivity contribution in [2.24, 2.45) is 0 Å². The van der Waals surface area contributed by atoms with Crippen LogP contribution in [-0.4, -0.2) is 43.1 Å². The summed E-state index contributed by atoms with van der Waals surface area (Å²) in [5, 5.41) is 4.89. The number of hydrogen-bond acceptors (Lipinski definition) is 6. The maximum Gasteiger partial charge on any atom is 0.240 e. The molecular weight excluding hydrogens is 424 g/mol. The summed E-state index contributed by atoms with van der Waals surface area (Å²) in [6.45, 7) is 1.59. The molecule has 4 rings (SSSR count). The van der Waals surface area contributed by atoms with E-state index in [1.165, 1.54) is 23.0 Å². The molecule has 1 N–H and O–H groups in total. The normalized spacial score (nSPS) is 13.5. The quantitative estimate of drug-likeness (QED) is 0.619. The Labute approximate surface area is 182 Å². The van der Waals surface area contributed by atoms with Crippen LogP contribution in [0.1, 0.15) is 11.1 Å². The molecule has 9 heteroatoms. The number of halogens is 2. The summed E-state index contributed by atoms with van der Waals surface area (Å²) in [7, 11) is 3.21. The van der Waals surface area contributed by atoms with E-state index in [1.54, 1.807) is 19.6 Å². The van der Waals surface area contributed by atoms with Crippen molar-refractivity contribution < 1.29 is 23.0 Å². The van der Waals surface area contributed by atoms with Gasteiger partial charge in [0.15, 0.2) is 28.3 Å². The van der Waals surface area contributed by atoms with Crippen LogP contribution >= 0.6 is 11.3 Å². The zero-order valence-electron chi connectivity index (χ0n) is 17.1. The molecule has 2 aromatic carbocycles. The van der Waals surface area contributed by atoms with Crippen molar-refractivity contribution in [3.63, 3.8) is 0 Å². The number of anilines is 1. The minimum atomic E-state index is -0.935. The SMILES string of the molecule is COc1cc2c(cc1OC)CN(CC(=O)Nc1nc(-c3ccc(F)c(F)c3)cs1)CC2. The molecule has 2 heterocycles. The molecule has 0 saturated carbocycles. The largest absolute Gasteiger partial charge is 0.493 e. The third-order valence-electron chi connectivity index (χ3n) is 5.13. The van der Waals surface area contributed by atoms with E-state index in [9.17, 15) is 13.6 Å². The standard InChI is InChI=1S/C22H21F2N3O3S/c1-29-19-8-13-5-6-27(10-15(13)9-20(19)30-2)11-21(28)26-22-25-18(12-31-22)14-3-4-16(23)17(24)7-14/h3-4,7-9,12H,5-6,10-11H2,1-2H3,(H,25,26,28).